The van der Waals surface area contributed by atoms with Crippen LogP contribution in [0.3, 0.4) is 0 Å². The maximum absolute atomic E-state index is 12.7. The monoisotopic (exact) mass is 860 g/mol. The second kappa shape index (κ2) is 42.3. The lowest BCUT2D eigenvalue weighted by Crippen LogP contribution is -2.37. The van der Waals surface area contributed by atoms with Gasteiger partial charge in [-0.1, -0.05) is 226 Å². The van der Waals surface area contributed by atoms with Crippen molar-refractivity contribution < 1.29 is 42.1 Å². The van der Waals surface area contributed by atoms with Gasteiger partial charge in [0, 0.05) is 12.8 Å². The molecule has 0 aliphatic rings. The van der Waals surface area contributed by atoms with Gasteiger partial charge in [0.1, 0.15) is 19.8 Å². The molecule has 1 unspecified atom stereocenters. The van der Waals surface area contributed by atoms with E-state index in [4.69, 9.17) is 18.5 Å². The Morgan fingerprint density at radius 2 is 0.763 bits per heavy atom. The van der Waals surface area contributed by atoms with E-state index in [1.165, 1.54) is 186 Å². The topological polar surface area (TPSA) is 111 Å². The van der Waals surface area contributed by atoms with Gasteiger partial charge < -0.3 is 27.9 Å². The van der Waals surface area contributed by atoms with E-state index >= 15 is 0 Å². The summed E-state index contributed by atoms with van der Waals surface area (Å²) in [5, 5.41) is 0. The minimum absolute atomic E-state index is 0.0256. The summed E-state index contributed by atoms with van der Waals surface area (Å²) >= 11 is 0. The molecule has 0 radical (unpaired) electrons. The summed E-state index contributed by atoms with van der Waals surface area (Å²) in [7, 11) is 1.18. The van der Waals surface area contributed by atoms with E-state index in [9.17, 15) is 19.0 Å². The van der Waals surface area contributed by atoms with Crippen LogP contribution in [0.2, 0.25) is 0 Å². The van der Waals surface area contributed by atoms with Gasteiger partial charge in [0.25, 0.3) is 7.82 Å². The van der Waals surface area contributed by atoms with E-state index in [0.29, 0.717) is 17.4 Å². The number of nitrogens with zero attached hydrogens (tertiary/aromatic N) is 1. The third-order valence-corrected chi connectivity index (χ3v) is 12.3. The second-order valence-corrected chi connectivity index (χ2v) is 20.0. The van der Waals surface area contributed by atoms with Crippen molar-refractivity contribution in [3.8, 4) is 0 Å². The summed E-state index contributed by atoms with van der Waals surface area (Å²) in [4.78, 5) is 37.6. The fraction of sp³-hybridized carbons (Fsp3) is 0.959. The van der Waals surface area contributed by atoms with Crippen LogP contribution in [0, 0.1) is 0 Å². The Balaban J connectivity index is 4.11. The zero-order valence-corrected chi connectivity index (χ0v) is 40.6. The molecule has 0 aliphatic heterocycles. The van der Waals surface area contributed by atoms with Gasteiger partial charge in [-0.05, 0) is 12.8 Å². The largest absolute Gasteiger partial charge is 0.756 e. The Kier molecular flexibility index (Phi) is 41.6. The number of unbranched alkanes of at least 4 members (excludes halogenated alkanes) is 33. The molecule has 59 heavy (non-hydrogen) atoms. The lowest BCUT2D eigenvalue weighted by Gasteiger charge is -2.28. The number of phosphoric ester groups is 1. The Morgan fingerprint density at radius 1 is 0.458 bits per heavy atom. The summed E-state index contributed by atoms with van der Waals surface area (Å²) in [6, 6.07) is 0. The van der Waals surface area contributed by atoms with Crippen molar-refractivity contribution in [3.63, 3.8) is 0 Å². The highest BCUT2D eigenvalue weighted by Crippen LogP contribution is 2.38. The number of esters is 2. The molecule has 0 saturated heterocycles. The van der Waals surface area contributed by atoms with E-state index in [-0.39, 0.29) is 32.0 Å². The number of ether oxygens (including phenoxy) is 2. The summed E-state index contributed by atoms with van der Waals surface area (Å²) in [6.07, 6.45) is 44.2. The molecule has 0 N–H and O–H groups in total. The molecular formula is C49H98NO8P. The minimum atomic E-state index is -4.62. The first-order valence-corrected chi connectivity index (χ1v) is 26.7. The van der Waals surface area contributed by atoms with Crippen LogP contribution in [0.4, 0.5) is 0 Å². The number of rotatable bonds is 47. The van der Waals surface area contributed by atoms with E-state index in [2.05, 4.69) is 13.8 Å². The number of hydrogen-bond acceptors (Lipinski definition) is 8. The summed E-state index contributed by atoms with van der Waals surface area (Å²) in [5.74, 6) is -0.816. The number of carbonyl (C=O) groups is 2. The van der Waals surface area contributed by atoms with Gasteiger partial charge in [-0.15, -0.1) is 0 Å². The molecule has 0 spiro atoms. The maximum atomic E-state index is 12.7. The zero-order chi connectivity index (χ0) is 43.6. The van der Waals surface area contributed by atoms with Gasteiger partial charge in [-0.25, -0.2) is 0 Å². The van der Waals surface area contributed by atoms with Crippen LogP contribution in [0.1, 0.15) is 251 Å². The van der Waals surface area contributed by atoms with Crippen molar-refractivity contribution >= 4 is 19.8 Å². The average molecular weight is 860 g/mol. The highest BCUT2D eigenvalue weighted by molar-refractivity contribution is 7.45. The highest BCUT2D eigenvalue weighted by Gasteiger charge is 2.21. The van der Waals surface area contributed by atoms with Gasteiger partial charge >= 0.3 is 11.9 Å². The lowest BCUT2D eigenvalue weighted by atomic mass is 10.0. The number of hydrogen-bond donors (Lipinski definition) is 0. The molecule has 0 fully saturated rings. The van der Waals surface area contributed by atoms with Crippen LogP contribution in [0.25, 0.3) is 0 Å². The summed E-state index contributed by atoms with van der Waals surface area (Å²) in [6.45, 7) is 4.27. The van der Waals surface area contributed by atoms with Gasteiger partial charge in [-0.3, -0.25) is 14.2 Å². The average Bonchev–Trinajstić information content (AvgIpc) is 3.19. The maximum Gasteiger partial charge on any atom is 0.306 e. The fourth-order valence-corrected chi connectivity index (χ4v) is 8.15. The predicted molar refractivity (Wildman–Crippen MR) is 245 cm³/mol. The normalized spacial score (nSPS) is 13.4. The first-order chi connectivity index (χ1) is 28.5. The molecule has 0 aromatic carbocycles. The van der Waals surface area contributed by atoms with Gasteiger partial charge in [0.15, 0.2) is 6.10 Å². The van der Waals surface area contributed by atoms with Gasteiger partial charge in [0.2, 0.25) is 0 Å². The van der Waals surface area contributed by atoms with Crippen molar-refractivity contribution in [1.29, 1.82) is 0 Å². The van der Waals surface area contributed by atoms with Gasteiger partial charge in [0.05, 0.1) is 27.7 Å². The Morgan fingerprint density at radius 3 is 1.08 bits per heavy atom. The molecule has 0 aliphatic carbocycles. The van der Waals surface area contributed by atoms with Crippen LogP contribution in [0.15, 0.2) is 0 Å². The number of quaternary nitrogens is 1. The predicted octanol–water partition coefficient (Wildman–Crippen LogP) is 14.1. The molecule has 0 bridgehead atoms. The van der Waals surface area contributed by atoms with Crippen molar-refractivity contribution in [1.82, 2.24) is 0 Å². The van der Waals surface area contributed by atoms with Crippen molar-refractivity contribution in [2.75, 3.05) is 47.5 Å². The molecule has 0 rings (SSSR count). The van der Waals surface area contributed by atoms with Crippen molar-refractivity contribution in [3.05, 3.63) is 0 Å². The molecular weight excluding hydrogens is 762 g/mol. The highest BCUT2D eigenvalue weighted by atomic mass is 31.2. The summed E-state index contributed by atoms with van der Waals surface area (Å²) in [5.41, 5.74) is 0. The molecule has 0 saturated carbocycles. The number of carbonyl (C=O) groups excluding carboxylic acids is 2. The smallest absolute Gasteiger partial charge is 0.306 e. The standard InChI is InChI=1S/C49H98NO8P/c1-6-8-10-12-14-16-18-20-21-22-23-24-25-26-27-28-29-30-32-33-35-37-39-41-48(51)55-45-47(46-57-59(53,54)56-44-43-50(3,4)5)58-49(52)42-40-38-36-34-31-19-17-15-13-11-9-7-2/h47H,6-46H2,1-5H3/t47-/m0/s1. The third-order valence-electron chi connectivity index (χ3n) is 11.4. The number of phosphoric acid groups is 1. The molecule has 352 valence electrons. The minimum Gasteiger partial charge on any atom is -0.756 e. The molecule has 9 nitrogen and oxygen atoms in total. The number of likely N-dealkylation sites (N-methyl/N-ethyl adjacent to an activating group) is 1. The zero-order valence-electron chi connectivity index (χ0n) is 39.7. The third kappa shape index (κ3) is 46.3. The summed E-state index contributed by atoms with van der Waals surface area (Å²) < 4.78 is 34.0. The quantitative estimate of drug-likeness (QED) is 0.0257. The lowest BCUT2D eigenvalue weighted by molar-refractivity contribution is -0.870. The first kappa shape index (κ1) is 58.0. The molecule has 2 atom stereocenters. The Labute approximate surface area is 365 Å². The molecule has 0 aromatic rings. The second-order valence-electron chi connectivity index (χ2n) is 18.6. The van der Waals surface area contributed by atoms with Crippen LogP contribution < -0.4 is 4.89 Å². The van der Waals surface area contributed by atoms with Gasteiger partial charge in [-0.2, -0.15) is 0 Å². The SMILES string of the molecule is CCCCCCCCCCCCCCCCCCCCCCCCCC(=O)OC[C@@H](COP(=O)([O-])OCC[N+](C)(C)C)OC(=O)CCCCCCCCCCCCCC. The van der Waals surface area contributed by atoms with Crippen molar-refractivity contribution in [2.45, 2.75) is 258 Å². The molecule has 0 heterocycles. The van der Waals surface area contributed by atoms with Crippen LogP contribution in [-0.2, 0) is 32.7 Å². The van der Waals surface area contributed by atoms with E-state index in [1.54, 1.807) is 0 Å². The molecule has 0 amide bonds. The van der Waals surface area contributed by atoms with Crippen molar-refractivity contribution in [2.24, 2.45) is 0 Å². The molecule has 10 heteroatoms. The van der Waals surface area contributed by atoms with Crippen LogP contribution in [0.5, 0.6) is 0 Å². The van der Waals surface area contributed by atoms with Crippen LogP contribution in [-0.4, -0.2) is 70.0 Å². The van der Waals surface area contributed by atoms with E-state index in [0.717, 1.165) is 32.1 Å². The molecule has 0 aromatic heterocycles. The van der Waals surface area contributed by atoms with E-state index < -0.39 is 26.5 Å². The van der Waals surface area contributed by atoms with Crippen LogP contribution >= 0.6 is 7.82 Å². The first-order valence-electron chi connectivity index (χ1n) is 25.2. The van der Waals surface area contributed by atoms with E-state index in [1.807, 2.05) is 21.1 Å². The Hall–Kier alpha value is -0.990. The fourth-order valence-electron chi connectivity index (χ4n) is 7.42. The Bertz CT molecular complexity index is 974.